The Balaban J connectivity index is 1.53. The minimum atomic E-state index is 0.0143. The average Bonchev–Trinajstić information content (AvgIpc) is 3.15. The summed E-state index contributed by atoms with van der Waals surface area (Å²) in [5.41, 5.74) is 2.10. The van der Waals surface area contributed by atoms with E-state index in [1.807, 2.05) is 17.5 Å². The predicted octanol–water partition coefficient (Wildman–Crippen LogP) is 3.10. The number of aromatic nitrogens is 1. The molecule has 4 nitrogen and oxygen atoms in total. The number of halogens is 1. The molecule has 22 heavy (non-hydrogen) atoms. The molecule has 1 amide bonds. The van der Waals surface area contributed by atoms with E-state index in [-0.39, 0.29) is 5.91 Å². The van der Waals surface area contributed by atoms with Crippen molar-refractivity contribution in [2.24, 2.45) is 0 Å². The molecule has 0 aliphatic carbocycles. The van der Waals surface area contributed by atoms with Crippen LogP contribution in [0.2, 0.25) is 4.34 Å². The molecular weight excluding hydrogens is 338 g/mol. The zero-order valence-electron chi connectivity index (χ0n) is 11.9. The van der Waals surface area contributed by atoms with E-state index < -0.39 is 0 Å². The molecule has 0 radical (unpaired) electrons. The summed E-state index contributed by atoms with van der Waals surface area (Å²) in [6, 6.07) is 3.82. The average molecular weight is 354 g/mol. The van der Waals surface area contributed by atoms with Crippen molar-refractivity contribution in [3.05, 3.63) is 39.2 Å². The van der Waals surface area contributed by atoms with E-state index in [9.17, 15) is 4.79 Å². The van der Waals surface area contributed by atoms with Gasteiger partial charge in [0, 0.05) is 18.5 Å². The van der Waals surface area contributed by atoms with Crippen LogP contribution >= 0.6 is 34.3 Å². The minimum Gasteiger partial charge on any atom is -0.352 e. The van der Waals surface area contributed by atoms with Crippen molar-refractivity contribution in [3.63, 3.8) is 0 Å². The SMILES string of the molecule is O=C(Cc1csc(-c2ccc(Cl)s2)n1)NCC1=CCNCC1. The van der Waals surface area contributed by atoms with Crippen LogP contribution in [0.3, 0.4) is 0 Å². The number of carbonyl (C=O) groups is 1. The number of hydrogen-bond donors (Lipinski definition) is 2. The first kappa shape index (κ1) is 15.7. The zero-order valence-corrected chi connectivity index (χ0v) is 14.3. The lowest BCUT2D eigenvalue weighted by molar-refractivity contribution is -0.120. The van der Waals surface area contributed by atoms with Crippen LogP contribution < -0.4 is 10.6 Å². The van der Waals surface area contributed by atoms with Gasteiger partial charge in [0.05, 0.1) is 21.3 Å². The number of nitrogens with one attached hydrogen (secondary N) is 2. The summed E-state index contributed by atoms with van der Waals surface area (Å²) < 4.78 is 0.750. The summed E-state index contributed by atoms with van der Waals surface area (Å²) in [7, 11) is 0. The van der Waals surface area contributed by atoms with Gasteiger partial charge in [-0.1, -0.05) is 23.3 Å². The Morgan fingerprint density at radius 3 is 3.09 bits per heavy atom. The lowest BCUT2D eigenvalue weighted by atomic mass is 10.1. The van der Waals surface area contributed by atoms with Crippen molar-refractivity contribution >= 4 is 40.2 Å². The van der Waals surface area contributed by atoms with Crippen LogP contribution in [0.25, 0.3) is 9.88 Å². The molecule has 7 heteroatoms. The zero-order chi connectivity index (χ0) is 15.4. The Labute approximate surface area is 142 Å². The van der Waals surface area contributed by atoms with Gasteiger partial charge < -0.3 is 10.6 Å². The van der Waals surface area contributed by atoms with Crippen LogP contribution in [0.15, 0.2) is 29.2 Å². The van der Waals surface area contributed by atoms with E-state index in [1.165, 1.54) is 16.9 Å². The van der Waals surface area contributed by atoms with Crippen LogP contribution in [0.5, 0.6) is 0 Å². The largest absolute Gasteiger partial charge is 0.352 e. The quantitative estimate of drug-likeness (QED) is 0.812. The Kier molecular flexibility index (Phi) is 5.25. The molecule has 0 fully saturated rings. The second-order valence-corrected chi connectivity index (χ2v) is 7.59. The highest BCUT2D eigenvalue weighted by molar-refractivity contribution is 7.23. The van der Waals surface area contributed by atoms with Gasteiger partial charge in [0.15, 0.2) is 0 Å². The maximum Gasteiger partial charge on any atom is 0.226 e. The molecular formula is C15H16ClN3OS2. The van der Waals surface area contributed by atoms with Crippen LogP contribution in [0, 0.1) is 0 Å². The first-order valence-corrected chi connectivity index (χ1v) is 9.13. The number of hydrogen-bond acceptors (Lipinski definition) is 5. The smallest absolute Gasteiger partial charge is 0.226 e. The molecule has 2 N–H and O–H groups in total. The van der Waals surface area contributed by atoms with Crippen LogP contribution in [0.1, 0.15) is 12.1 Å². The lowest BCUT2D eigenvalue weighted by Gasteiger charge is -2.14. The summed E-state index contributed by atoms with van der Waals surface area (Å²) >= 11 is 8.98. The molecule has 0 atom stereocenters. The van der Waals surface area contributed by atoms with Gasteiger partial charge in [-0.2, -0.15) is 0 Å². The Hall–Kier alpha value is -1.21. The molecule has 2 aromatic heterocycles. The number of thiazole rings is 1. The standard InChI is InChI=1S/C15H16ClN3OS2/c16-13-2-1-12(22-13)15-19-11(9-21-15)7-14(20)18-8-10-3-5-17-6-4-10/h1-3,9,17H,4-8H2,(H,18,20). The second kappa shape index (κ2) is 7.37. The Morgan fingerprint density at radius 2 is 2.36 bits per heavy atom. The van der Waals surface area contributed by atoms with Gasteiger partial charge in [-0.3, -0.25) is 4.79 Å². The molecule has 0 spiro atoms. The maximum absolute atomic E-state index is 12.0. The van der Waals surface area contributed by atoms with Crippen LogP contribution in [0.4, 0.5) is 0 Å². The molecule has 0 bridgehead atoms. The summed E-state index contributed by atoms with van der Waals surface area (Å²) in [6.45, 7) is 2.52. The van der Waals surface area contributed by atoms with E-state index >= 15 is 0 Å². The van der Waals surface area contributed by atoms with Crippen LogP contribution in [-0.2, 0) is 11.2 Å². The fraction of sp³-hybridized carbons (Fsp3) is 0.333. The predicted molar refractivity (Wildman–Crippen MR) is 92.7 cm³/mol. The van der Waals surface area contributed by atoms with E-state index in [0.717, 1.165) is 39.4 Å². The molecule has 0 saturated carbocycles. The summed E-state index contributed by atoms with van der Waals surface area (Å²) in [6.07, 6.45) is 3.46. The molecule has 0 aromatic carbocycles. The highest BCUT2D eigenvalue weighted by Crippen LogP contribution is 2.32. The van der Waals surface area contributed by atoms with E-state index in [0.29, 0.717) is 13.0 Å². The molecule has 0 unspecified atom stereocenters. The summed E-state index contributed by atoms with van der Waals surface area (Å²) in [5, 5.41) is 9.08. The third-order valence-corrected chi connectivity index (χ3v) is 5.64. The molecule has 0 saturated heterocycles. The van der Waals surface area contributed by atoms with Gasteiger partial charge in [0.25, 0.3) is 0 Å². The molecule has 1 aliphatic rings. The third-order valence-electron chi connectivity index (χ3n) is 3.35. The number of rotatable bonds is 5. The Bertz CT molecular complexity index is 693. The molecule has 116 valence electrons. The number of amides is 1. The van der Waals surface area contributed by atoms with Crippen molar-refractivity contribution in [2.45, 2.75) is 12.8 Å². The molecule has 1 aliphatic heterocycles. The highest BCUT2D eigenvalue weighted by Gasteiger charge is 2.11. The van der Waals surface area contributed by atoms with Crippen molar-refractivity contribution in [2.75, 3.05) is 19.6 Å². The second-order valence-electron chi connectivity index (χ2n) is 5.02. The molecule has 3 heterocycles. The number of nitrogens with zero attached hydrogens (tertiary/aromatic N) is 1. The monoisotopic (exact) mass is 353 g/mol. The summed E-state index contributed by atoms with van der Waals surface area (Å²) in [4.78, 5) is 17.6. The van der Waals surface area contributed by atoms with Crippen molar-refractivity contribution in [1.29, 1.82) is 0 Å². The highest BCUT2D eigenvalue weighted by atomic mass is 35.5. The third kappa shape index (κ3) is 4.16. The van der Waals surface area contributed by atoms with Gasteiger partial charge in [0.2, 0.25) is 5.91 Å². The van der Waals surface area contributed by atoms with Gasteiger partial charge in [0.1, 0.15) is 5.01 Å². The lowest BCUT2D eigenvalue weighted by Crippen LogP contribution is -2.30. The molecule has 3 rings (SSSR count). The van der Waals surface area contributed by atoms with Crippen molar-refractivity contribution in [3.8, 4) is 9.88 Å². The van der Waals surface area contributed by atoms with Crippen molar-refractivity contribution in [1.82, 2.24) is 15.6 Å². The van der Waals surface area contributed by atoms with Crippen LogP contribution in [-0.4, -0.2) is 30.5 Å². The fourth-order valence-corrected chi connectivity index (χ4v) is 4.13. The fourth-order valence-electron chi connectivity index (χ4n) is 2.20. The van der Waals surface area contributed by atoms with Gasteiger partial charge in [-0.05, 0) is 25.1 Å². The molecule has 2 aromatic rings. The first-order chi connectivity index (χ1) is 10.7. The Morgan fingerprint density at radius 1 is 1.45 bits per heavy atom. The van der Waals surface area contributed by atoms with Crippen molar-refractivity contribution < 1.29 is 4.79 Å². The minimum absolute atomic E-state index is 0.0143. The van der Waals surface area contributed by atoms with Gasteiger partial charge >= 0.3 is 0 Å². The number of thiophene rings is 1. The maximum atomic E-state index is 12.0. The first-order valence-electron chi connectivity index (χ1n) is 7.06. The van der Waals surface area contributed by atoms with Gasteiger partial charge in [-0.25, -0.2) is 4.98 Å². The van der Waals surface area contributed by atoms with E-state index in [2.05, 4.69) is 21.7 Å². The number of carbonyl (C=O) groups excluding carboxylic acids is 1. The van der Waals surface area contributed by atoms with Gasteiger partial charge in [-0.15, -0.1) is 22.7 Å². The topological polar surface area (TPSA) is 54.0 Å². The van der Waals surface area contributed by atoms with E-state index in [4.69, 9.17) is 11.6 Å². The summed E-state index contributed by atoms with van der Waals surface area (Å²) in [5.74, 6) is 0.0143. The normalized spacial score (nSPS) is 14.7. The van der Waals surface area contributed by atoms with E-state index in [1.54, 1.807) is 11.3 Å².